The average Bonchev–Trinajstić information content (AvgIpc) is 2.26. The molecule has 1 nitrogen and oxygen atoms in total. The molecule has 7 aliphatic carbocycles. The Hall–Kier alpha value is -0.0400. The minimum absolute atomic E-state index is 0.604. The van der Waals surface area contributed by atoms with Crippen LogP contribution >= 0.6 is 0 Å². The molecule has 0 heterocycles. The second kappa shape index (κ2) is 2.30. The van der Waals surface area contributed by atoms with Crippen molar-refractivity contribution in [2.75, 3.05) is 0 Å². The van der Waals surface area contributed by atoms with E-state index in [-0.39, 0.29) is 0 Å². The highest BCUT2D eigenvalue weighted by Crippen LogP contribution is 2.70. The Balaban J connectivity index is 1.69. The third-order valence-corrected chi connectivity index (χ3v) is 7.14. The van der Waals surface area contributed by atoms with E-state index in [9.17, 15) is 0 Å². The van der Waals surface area contributed by atoms with Gasteiger partial charge in [0, 0.05) is 6.04 Å². The lowest BCUT2D eigenvalue weighted by Gasteiger charge is -2.71. The van der Waals surface area contributed by atoms with Crippen molar-refractivity contribution in [1.29, 1.82) is 0 Å². The molecular weight excluding hydrogens is 182 g/mol. The molecule has 82 valence electrons. The highest BCUT2D eigenvalue weighted by Gasteiger charge is 2.65. The van der Waals surface area contributed by atoms with Gasteiger partial charge in [-0.05, 0) is 79.4 Å². The van der Waals surface area contributed by atoms with Crippen LogP contribution in [0.3, 0.4) is 0 Å². The lowest BCUT2D eigenvalue weighted by atomic mass is 9.35. The Morgan fingerprint density at radius 3 is 1.87 bits per heavy atom. The predicted octanol–water partition coefficient (Wildman–Crippen LogP) is 2.26. The van der Waals surface area contributed by atoms with Crippen molar-refractivity contribution in [3.05, 3.63) is 0 Å². The van der Waals surface area contributed by atoms with Crippen molar-refractivity contribution in [1.82, 2.24) is 0 Å². The van der Waals surface area contributed by atoms with E-state index in [2.05, 4.69) is 0 Å². The molecule has 7 aliphatic rings. The molecule has 15 heavy (non-hydrogen) atoms. The second-order valence-electron chi connectivity index (χ2n) is 7.28. The molecule has 0 aromatic carbocycles. The third-order valence-electron chi connectivity index (χ3n) is 7.14. The fourth-order valence-corrected chi connectivity index (χ4v) is 6.99. The zero-order valence-corrected chi connectivity index (χ0v) is 9.31. The van der Waals surface area contributed by atoms with Gasteiger partial charge in [0.15, 0.2) is 0 Å². The zero-order chi connectivity index (χ0) is 9.73. The van der Waals surface area contributed by atoms with Crippen molar-refractivity contribution >= 4 is 0 Å². The van der Waals surface area contributed by atoms with Crippen LogP contribution < -0.4 is 5.73 Å². The summed E-state index contributed by atoms with van der Waals surface area (Å²) in [4.78, 5) is 0. The molecule has 8 bridgehead atoms. The lowest BCUT2D eigenvalue weighted by Crippen LogP contribution is -2.68. The summed E-state index contributed by atoms with van der Waals surface area (Å²) in [6, 6.07) is 0.604. The molecule has 7 fully saturated rings. The van der Waals surface area contributed by atoms with E-state index in [0.717, 1.165) is 47.3 Å². The highest BCUT2D eigenvalue weighted by molar-refractivity contribution is 5.15. The van der Waals surface area contributed by atoms with E-state index in [1.807, 2.05) is 0 Å². The van der Waals surface area contributed by atoms with Gasteiger partial charge in [0.1, 0.15) is 0 Å². The first-order valence-corrected chi connectivity index (χ1v) is 7.08. The van der Waals surface area contributed by atoms with Gasteiger partial charge in [0.05, 0.1) is 0 Å². The van der Waals surface area contributed by atoms with Crippen LogP contribution in [-0.2, 0) is 0 Å². The minimum Gasteiger partial charge on any atom is -0.327 e. The predicted molar refractivity (Wildman–Crippen MR) is 59.0 cm³/mol. The Morgan fingerprint density at radius 2 is 1.20 bits per heavy atom. The molecule has 1 heteroatoms. The molecule has 7 saturated carbocycles. The molecule has 0 spiro atoms. The molecule has 0 saturated heterocycles. The molecule has 0 aliphatic heterocycles. The Morgan fingerprint density at radius 1 is 0.667 bits per heavy atom. The smallest absolute Gasteiger partial charge is 0.0101 e. The van der Waals surface area contributed by atoms with Crippen LogP contribution in [0.4, 0.5) is 0 Å². The van der Waals surface area contributed by atoms with Gasteiger partial charge < -0.3 is 5.73 Å². The number of nitrogens with two attached hydrogens (primary N) is 1. The first kappa shape index (κ1) is 8.11. The maximum absolute atomic E-state index is 6.52. The van der Waals surface area contributed by atoms with Gasteiger partial charge in [-0.1, -0.05) is 0 Å². The summed E-state index contributed by atoms with van der Waals surface area (Å²) < 4.78 is 0. The number of hydrogen-bond acceptors (Lipinski definition) is 1. The third kappa shape index (κ3) is 0.740. The summed E-state index contributed by atoms with van der Waals surface area (Å²) in [6.45, 7) is 0. The average molecular weight is 203 g/mol. The van der Waals surface area contributed by atoms with E-state index in [0.29, 0.717) is 6.04 Å². The normalized spacial score (nSPS) is 73.0. The van der Waals surface area contributed by atoms with E-state index >= 15 is 0 Å². The van der Waals surface area contributed by atoms with Crippen LogP contribution in [0.1, 0.15) is 32.1 Å². The fraction of sp³-hybridized carbons (Fsp3) is 1.00. The van der Waals surface area contributed by atoms with E-state index in [1.54, 1.807) is 19.3 Å². The number of rotatable bonds is 0. The molecular formula is C14H21N. The SMILES string of the molecule is NC1C2CC3C4CC5CC3C1C(C5)C4C2. The first-order chi connectivity index (χ1) is 7.33. The van der Waals surface area contributed by atoms with Crippen molar-refractivity contribution < 1.29 is 0 Å². The summed E-state index contributed by atoms with van der Waals surface area (Å²) in [7, 11) is 0. The van der Waals surface area contributed by atoms with Gasteiger partial charge in [-0.25, -0.2) is 0 Å². The van der Waals surface area contributed by atoms with Crippen LogP contribution in [-0.4, -0.2) is 6.04 Å². The van der Waals surface area contributed by atoms with Crippen LogP contribution in [0.5, 0.6) is 0 Å². The molecule has 0 amide bonds. The van der Waals surface area contributed by atoms with Gasteiger partial charge >= 0.3 is 0 Å². The van der Waals surface area contributed by atoms with Crippen molar-refractivity contribution in [3.63, 3.8) is 0 Å². The van der Waals surface area contributed by atoms with Crippen molar-refractivity contribution in [3.8, 4) is 0 Å². The van der Waals surface area contributed by atoms with E-state index in [4.69, 9.17) is 5.73 Å². The van der Waals surface area contributed by atoms with Gasteiger partial charge in [0.2, 0.25) is 0 Å². The maximum Gasteiger partial charge on any atom is 0.0101 e. The zero-order valence-electron chi connectivity index (χ0n) is 9.31. The van der Waals surface area contributed by atoms with E-state index < -0.39 is 0 Å². The molecule has 7 rings (SSSR count). The molecule has 0 aromatic heterocycles. The van der Waals surface area contributed by atoms with Crippen LogP contribution in [0.2, 0.25) is 0 Å². The summed E-state index contributed by atoms with van der Waals surface area (Å²) in [5.74, 6) is 8.61. The first-order valence-electron chi connectivity index (χ1n) is 7.08. The standard InChI is InChI=1S/C14H21N/c15-14-7-4-9-8-1-6-2-11(9)13(14)12(3-6)10(8)5-7/h6-14H,1-5,15H2. The monoisotopic (exact) mass is 203 g/mol. The maximum atomic E-state index is 6.52. The van der Waals surface area contributed by atoms with Crippen LogP contribution in [0, 0.1) is 47.3 Å². The van der Waals surface area contributed by atoms with Crippen molar-refractivity contribution in [2.45, 2.75) is 38.1 Å². The summed E-state index contributed by atoms with van der Waals surface area (Å²) in [5, 5.41) is 0. The number of hydrogen-bond donors (Lipinski definition) is 1. The Kier molecular flexibility index (Phi) is 1.24. The fourth-order valence-electron chi connectivity index (χ4n) is 6.99. The largest absolute Gasteiger partial charge is 0.327 e. The topological polar surface area (TPSA) is 26.0 Å². The Bertz CT molecular complexity index is 301. The highest BCUT2D eigenvalue weighted by atomic mass is 14.8. The van der Waals surface area contributed by atoms with Crippen molar-refractivity contribution in [2.24, 2.45) is 53.1 Å². The van der Waals surface area contributed by atoms with Gasteiger partial charge in [0.25, 0.3) is 0 Å². The molecule has 2 N–H and O–H groups in total. The van der Waals surface area contributed by atoms with Gasteiger partial charge in [-0.2, -0.15) is 0 Å². The van der Waals surface area contributed by atoms with E-state index in [1.165, 1.54) is 12.8 Å². The van der Waals surface area contributed by atoms with Gasteiger partial charge in [-0.15, -0.1) is 0 Å². The molecule has 0 radical (unpaired) electrons. The van der Waals surface area contributed by atoms with Gasteiger partial charge in [-0.3, -0.25) is 0 Å². The second-order valence-corrected chi connectivity index (χ2v) is 7.28. The molecule has 5 atom stereocenters. The minimum atomic E-state index is 0.604. The summed E-state index contributed by atoms with van der Waals surface area (Å²) in [6.07, 6.45) is 7.77. The summed E-state index contributed by atoms with van der Waals surface area (Å²) >= 11 is 0. The molecule has 0 aromatic rings. The lowest BCUT2D eigenvalue weighted by molar-refractivity contribution is -0.211. The Labute approximate surface area is 91.8 Å². The van der Waals surface area contributed by atoms with Crippen LogP contribution in [0.15, 0.2) is 0 Å². The summed E-state index contributed by atoms with van der Waals surface area (Å²) in [5.41, 5.74) is 6.52. The molecule has 5 unspecified atom stereocenters. The quantitative estimate of drug-likeness (QED) is 0.642. The van der Waals surface area contributed by atoms with Crippen LogP contribution in [0.25, 0.3) is 0 Å².